The van der Waals surface area contributed by atoms with Crippen LogP contribution in [-0.4, -0.2) is 42.2 Å². The molecule has 1 amide bonds. The molecule has 2 aromatic rings. The second-order valence-electron chi connectivity index (χ2n) is 7.36. The molecule has 0 aliphatic carbocycles. The van der Waals surface area contributed by atoms with Crippen molar-refractivity contribution in [3.63, 3.8) is 0 Å². The minimum absolute atomic E-state index is 0.0561. The highest BCUT2D eigenvalue weighted by Gasteiger charge is 2.21. The standard InChI is InChI=1S/C23H29N3O4/c1-3-22(24-14-18(27)15-29-19-7-5-4-6-8-19)30-20-11-9-17(10-12-20)23-16(2)13-21(28)25-26-23/h4-12,16,18,22,24,27H,3,13-15H2,1-2H3,(H,25,28). The van der Waals surface area contributed by atoms with Crippen LogP contribution < -0.4 is 20.2 Å². The van der Waals surface area contributed by atoms with Gasteiger partial charge in [0.15, 0.2) is 0 Å². The van der Waals surface area contributed by atoms with Crippen LogP contribution in [0.4, 0.5) is 0 Å². The number of carbonyl (C=O) groups excluding carboxylic acids is 1. The van der Waals surface area contributed by atoms with Gasteiger partial charge in [0.05, 0.1) is 5.71 Å². The molecule has 1 heterocycles. The zero-order valence-electron chi connectivity index (χ0n) is 17.4. The molecule has 30 heavy (non-hydrogen) atoms. The van der Waals surface area contributed by atoms with E-state index in [9.17, 15) is 9.90 Å². The van der Waals surface area contributed by atoms with Gasteiger partial charge in [-0.05, 0) is 48.4 Å². The minimum atomic E-state index is -0.647. The number of nitrogens with zero attached hydrogens (tertiary/aromatic N) is 1. The second-order valence-corrected chi connectivity index (χ2v) is 7.36. The highest BCUT2D eigenvalue weighted by Crippen LogP contribution is 2.20. The fraction of sp³-hybridized carbons (Fsp3) is 0.391. The van der Waals surface area contributed by atoms with Gasteiger partial charge in [-0.2, -0.15) is 5.10 Å². The summed E-state index contributed by atoms with van der Waals surface area (Å²) in [4.78, 5) is 11.4. The Hall–Kier alpha value is -2.90. The first-order valence-electron chi connectivity index (χ1n) is 10.3. The number of nitrogens with one attached hydrogen (secondary N) is 2. The van der Waals surface area contributed by atoms with Crippen molar-refractivity contribution < 1.29 is 19.4 Å². The molecule has 0 aromatic heterocycles. The van der Waals surface area contributed by atoms with Crippen LogP contribution in [0.25, 0.3) is 0 Å². The Bertz CT molecular complexity index is 839. The number of benzene rings is 2. The van der Waals surface area contributed by atoms with E-state index in [1.807, 2.05) is 68.4 Å². The maximum Gasteiger partial charge on any atom is 0.240 e. The number of hydrogen-bond donors (Lipinski definition) is 3. The first-order chi connectivity index (χ1) is 14.5. The van der Waals surface area contributed by atoms with E-state index < -0.39 is 6.10 Å². The molecule has 0 radical (unpaired) electrons. The molecule has 0 spiro atoms. The molecular weight excluding hydrogens is 382 g/mol. The predicted molar refractivity (Wildman–Crippen MR) is 116 cm³/mol. The van der Waals surface area contributed by atoms with Crippen molar-refractivity contribution in [1.82, 2.24) is 10.7 Å². The maximum atomic E-state index is 11.4. The Morgan fingerprint density at radius 3 is 2.57 bits per heavy atom. The number of para-hydroxylation sites is 1. The maximum absolute atomic E-state index is 11.4. The first-order valence-corrected chi connectivity index (χ1v) is 10.3. The SMILES string of the molecule is CCC(NCC(O)COc1ccccc1)Oc1ccc(C2=NNC(=O)CC2C)cc1. The van der Waals surface area contributed by atoms with E-state index in [1.54, 1.807) is 0 Å². The summed E-state index contributed by atoms with van der Waals surface area (Å²) >= 11 is 0. The average Bonchev–Trinajstić information content (AvgIpc) is 2.76. The quantitative estimate of drug-likeness (QED) is 0.523. The van der Waals surface area contributed by atoms with E-state index in [0.29, 0.717) is 13.0 Å². The summed E-state index contributed by atoms with van der Waals surface area (Å²) in [7, 11) is 0. The predicted octanol–water partition coefficient (Wildman–Crippen LogP) is 2.69. The van der Waals surface area contributed by atoms with Crippen LogP contribution in [0.2, 0.25) is 0 Å². The summed E-state index contributed by atoms with van der Waals surface area (Å²) in [5, 5.41) is 17.6. The molecule has 3 N–H and O–H groups in total. The van der Waals surface area contributed by atoms with Crippen molar-refractivity contribution in [2.24, 2.45) is 11.0 Å². The molecule has 0 bridgehead atoms. The van der Waals surface area contributed by atoms with Gasteiger partial charge in [0.25, 0.3) is 0 Å². The molecule has 3 atom stereocenters. The summed E-state index contributed by atoms with van der Waals surface area (Å²) < 4.78 is 11.6. The molecule has 0 saturated carbocycles. The Kier molecular flexibility index (Phi) is 7.82. The van der Waals surface area contributed by atoms with E-state index in [2.05, 4.69) is 15.8 Å². The van der Waals surface area contributed by atoms with Gasteiger partial charge in [-0.3, -0.25) is 10.1 Å². The third-order valence-corrected chi connectivity index (χ3v) is 4.83. The van der Waals surface area contributed by atoms with Crippen molar-refractivity contribution in [2.45, 2.75) is 39.0 Å². The van der Waals surface area contributed by atoms with Crippen molar-refractivity contribution in [3.8, 4) is 11.5 Å². The number of hydrazone groups is 1. The zero-order valence-corrected chi connectivity index (χ0v) is 17.4. The number of rotatable bonds is 10. The van der Waals surface area contributed by atoms with Gasteiger partial charge in [-0.15, -0.1) is 0 Å². The van der Waals surface area contributed by atoms with Crippen LogP contribution in [0.1, 0.15) is 32.3 Å². The molecule has 3 unspecified atom stereocenters. The fourth-order valence-electron chi connectivity index (χ4n) is 3.18. The molecule has 7 heteroatoms. The second kappa shape index (κ2) is 10.8. The topological polar surface area (TPSA) is 92.2 Å². The van der Waals surface area contributed by atoms with Crippen LogP contribution in [0.3, 0.4) is 0 Å². The van der Waals surface area contributed by atoms with Gasteiger partial charge < -0.3 is 14.6 Å². The summed E-state index contributed by atoms with van der Waals surface area (Å²) in [5.41, 5.74) is 4.37. The van der Waals surface area contributed by atoms with E-state index >= 15 is 0 Å². The third kappa shape index (κ3) is 6.30. The average molecular weight is 412 g/mol. The van der Waals surface area contributed by atoms with Gasteiger partial charge in [0.2, 0.25) is 5.91 Å². The third-order valence-electron chi connectivity index (χ3n) is 4.83. The lowest BCUT2D eigenvalue weighted by Crippen LogP contribution is -2.40. The zero-order chi connectivity index (χ0) is 21.3. The molecule has 3 rings (SSSR count). The van der Waals surface area contributed by atoms with Gasteiger partial charge in [0.1, 0.15) is 30.4 Å². The smallest absolute Gasteiger partial charge is 0.240 e. The molecular formula is C23H29N3O4. The number of aliphatic hydroxyl groups excluding tert-OH is 1. The van der Waals surface area contributed by atoms with E-state index in [-0.39, 0.29) is 24.7 Å². The summed E-state index contributed by atoms with van der Waals surface area (Å²) in [6.07, 6.45) is 0.303. The van der Waals surface area contributed by atoms with Gasteiger partial charge in [-0.25, -0.2) is 5.43 Å². The highest BCUT2D eigenvalue weighted by molar-refractivity contribution is 6.05. The van der Waals surface area contributed by atoms with Crippen LogP contribution >= 0.6 is 0 Å². The summed E-state index contributed by atoms with van der Waals surface area (Å²) in [6.45, 7) is 4.57. The van der Waals surface area contributed by atoms with Crippen LogP contribution in [-0.2, 0) is 4.79 Å². The van der Waals surface area contributed by atoms with Crippen molar-refractivity contribution in [3.05, 3.63) is 60.2 Å². The lowest BCUT2D eigenvalue weighted by molar-refractivity contribution is -0.121. The number of ether oxygens (including phenoxy) is 2. The largest absolute Gasteiger partial charge is 0.491 e. The van der Waals surface area contributed by atoms with Gasteiger partial charge in [-0.1, -0.05) is 32.0 Å². The van der Waals surface area contributed by atoms with Gasteiger partial charge >= 0.3 is 0 Å². The lowest BCUT2D eigenvalue weighted by Gasteiger charge is -2.22. The normalized spacial score (nSPS) is 18.2. The molecule has 0 saturated heterocycles. The van der Waals surface area contributed by atoms with Crippen LogP contribution in [0.15, 0.2) is 59.7 Å². The number of hydrogen-bond acceptors (Lipinski definition) is 6. The fourth-order valence-corrected chi connectivity index (χ4v) is 3.18. The highest BCUT2D eigenvalue weighted by atomic mass is 16.5. The molecule has 1 aliphatic heterocycles. The Morgan fingerprint density at radius 1 is 1.17 bits per heavy atom. The van der Waals surface area contributed by atoms with Crippen molar-refractivity contribution >= 4 is 11.6 Å². The molecule has 1 aliphatic rings. The number of amides is 1. The molecule has 7 nitrogen and oxygen atoms in total. The molecule has 160 valence electrons. The summed E-state index contributed by atoms with van der Waals surface area (Å²) in [6, 6.07) is 17.1. The Morgan fingerprint density at radius 2 is 1.90 bits per heavy atom. The number of aliphatic hydroxyl groups is 1. The van der Waals surface area contributed by atoms with Crippen LogP contribution in [0.5, 0.6) is 11.5 Å². The van der Waals surface area contributed by atoms with E-state index in [1.165, 1.54) is 0 Å². The molecule has 0 fully saturated rings. The minimum Gasteiger partial charge on any atom is -0.491 e. The van der Waals surface area contributed by atoms with Gasteiger partial charge in [0, 0.05) is 18.9 Å². The van der Waals surface area contributed by atoms with E-state index in [4.69, 9.17) is 9.47 Å². The monoisotopic (exact) mass is 411 g/mol. The lowest BCUT2D eigenvalue weighted by atomic mass is 9.94. The van der Waals surface area contributed by atoms with Crippen LogP contribution in [0, 0.1) is 5.92 Å². The van der Waals surface area contributed by atoms with Crippen molar-refractivity contribution in [1.29, 1.82) is 0 Å². The Labute approximate surface area is 177 Å². The summed E-state index contributed by atoms with van der Waals surface area (Å²) in [5.74, 6) is 1.48. The first kappa shape index (κ1) is 21.8. The molecule has 2 aromatic carbocycles. The van der Waals surface area contributed by atoms with E-state index in [0.717, 1.165) is 29.2 Å². The number of carbonyl (C=O) groups is 1. The van der Waals surface area contributed by atoms with Crippen molar-refractivity contribution in [2.75, 3.05) is 13.2 Å². The Balaban J connectivity index is 1.47.